The van der Waals surface area contributed by atoms with E-state index in [0.717, 1.165) is 12.1 Å². The van der Waals surface area contributed by atoms with Crippen molar-refractivity contribution in [3.63, 3.8) is 0 Å². The third-order valence-corrected chi connectivity index (χ3v) is 4.37. The van der Waals surface area contributed by atoms with Crippen molar-refractivity contribution in [3.05, 3.63) is 47.5 Å². The lowest BCUT2D eigenvalue weighted by Gasteiger charge is -2.13. The van der Waals surface area contributed by atoms with E-state index >= 15 is 0 Å². The quantitative estimate of drug-likeness (QED) is 0.770. The predicted molar refractivity (Wildman–Crippen MR) is 69.6 cm³/mol. The van der Waals surface area contributed by atoms with Gasteiger partial charge < -0.3 is 5.11 Å². The Morgan fingerprint density at radius 3 is 2.85 bits per heavy atom. The number of rotatable bonds is 5. The second kappa shape index (κ2) is 5.70. The van der Waals surface area contributed by atoms with E-state index in [2.05, 4.69) is 14.9 Å². The molecule has 1 unspecified atom stereocenters. The maximum Gasteiger partial charge on any atom is 0.244 e. The molecule has 1 aromatic carbocycles. The molecule has 0 aliphatic heterocycles. The number of aromatic nitrogens is 2. The zero-order chi connectivity index (χ0) is 14.8. The Balaban J connectivity index is 2.31. The molecule has 20 heavy (non-hydrogen) atoms. The molecule has 1 heterocycles. The Morgan fingerprint density at radius 1 is 1.50 bits per heavy atom. The van der Waals surface area contributed by atoms with Crippen molar-refractivity contribution >= 4 is 10.0 Å². The van der Waals surface area contributed by atoms with Crippen molar-refractivity contribution in [3.8, 4) is 0 Å². The van der Waals surface area contributed by atoms with Crippen molar-refractivity contribution in [2.75, 3.05) is 0 Å². The van der Waals surface area contributed by atoms with E-state index in [1.807, 2.05) is 0 Å². The highest BCUT2D eigenvalue weighted by Gasteiger charge is 2.22. The van der Waals surface area contributed by atoms with Crippen LogP contribution in [0.25, 0.3) is 0 Å². The van der Waals surface area contributed by atoms with Gasteiger partial charge in [0.15, 0.2) is 0 Å². The van der Waals surface area contributed by atoms with Crippen LogP contribution in [0.4, 0.5) is 4.39 Å². The van der Waals surface area contributed by atoms with E-state index in [1.165, 1.54) is 12.3 Å². The number of nitrogens with zero attached hydrogens (tertiary/aromatic N) is 1. The number of benzene rings is 1. The Kier molecular flexibility index (Phi) is 4.17. The fourth-order valence-corrected chi connectivity index (χ4v) is 3.07. The summed E-state index contributed by atoms with van der Waals surface area (Å²) in [4.78, 5) is -0.487. The molecule has 6 nitrogen and oxygen atoms in total. The number of aromatic amines is 1. The minimum atomic E-state index is -4.03. The molecule has 1 aromatic heterocycles. The summed E-state index contributed by atoms with van der Waals surface area (Å²) < 4.78 is 40.4. The third-order valence-electron chi connectivity index (χ3n) is 2.82. The van der Waals surface area contributed by atoms with Crippen LogP contribution in [-0.4, -0.2) is 23.7 Å². The lowest BCUT2D eigenvalue weighted by molar-refractivity contribution is 0.281. The first kappa shape index (κ1) is 14.6. The molecule has 2 aromatic rings. The molecule has 0 saturated carbocycles. The van der Waals surface area contributed by atoms with Gasteiger partial charge in [0.2, 0.25) is 10.0 Å². The molecule has 1 atom stereocenters. The molecule has 2 rings (SSSR count). The number of halogens is 1. The minimum Gasteiger partial charge on any atom is -0.392 e. The zero-order valence-electron chi connectivity index (χ0n) is 10.7. The molecule has 0 aliphatic rings. The zero-order valence-corrected chi connectivity index (χ0v) is 11.5. The van der Waals surface area contributed by atoms with Gasteiger partial charge >= 0.3 is 0 Å². The smallest absolute Gasteiger partial charge is 0.244 e. The normalized spacial score (nSPS) is 13.3. The molecule has 108 valence electrons. The summed E-state index contributed by atoms with van der Waals surface area (Å²) in [6, 6.07) is 2.90. The molecule has 0 amide bonds. The summed E-state index contributed by atoms with van der Waals surface area (Å²) in [6.45, 7) is 1.26. The van der Waals surface area contributed by atoms with Gasteiger partial charge in [-0.05, 0) is 24.6 Å². The highest BCUT2D eigenvalue weighted by atomic mass is 32.2. The van der Waals surface area contributed by atoms with E-state index in [-0.39, 0.29) is 6.61 Å². The van der Waals surface area contributed by atoms with Gasteiger partial charge in [0.05, 0.1) is 12.8 Å². The topological polar surface area (TPSA) is 95.1 Å². The van der Waals surface area contributed by atoms with Gasteiger partial charge in [0, 0.05) is 17.8 Å². The van der Waals surface area contributed by atoms with Gasteiger partial charge in [0.1, 0.15) is 10.7 Å². The Labute approximate surface area is 115 Å². The largest absolute Gasteiger partial charge is 0.392 e. The first-order chi connectivity index (χ1) is 9.44. The molecule has 0 fully saturated rings. The summed E-state index contributed by atoms with van der Waals surface area (Å²) in [6.07, 6.45) is 3.03. The summed E-state index contributed by atoms with van der Waals surface area (Å²) in [5.74, 6) is -0.867. The second-order valence-corrected chi connectivity index (χ2v) is 5.98. The lowest BCUT2D eigenvalue weighted by Crippen LogP contribution is -2.27. The van der Waals surface area contributed by atoms with Crippen LogP contribution in [0, 0.1) is 5.82 Å². The molecule has 0 aliphatic carbocycles. The van der Waals surface area contributed by atoms with Crippen molar-refractivity contribution in [1.82, 2.24) is 14.9 Å². The van der Waals surface area contributed by atoms with Gasteiger partial charge in [-0.25, -0.2) is 17.5 Å². The van der Waals surface area contributed by atoms with Gasteiger partial charge in [0.25, 0.3) is 0 Å². The van der Waals surface area contributed by atoms with Crippen LogP contribution in [0.1, 0.15) is 24.1 Å². The van der Waals surface area contributed by atoms with Gasteiger partial charge in [-0.2, -0.15) is 5.10 Å². The molecular weight excluding hydrogens is 285 g/mol. The fourth-order valence-electron chi connectivity index (χ4n) is 1.71. The number of nitrogens with one attached hydrogen (secondary N) is 2. The summed E-state index contributed by atoms with van der Waals surface area (Å²) in [7, 11) is -4.03. The SMILES string of the molecule is CC(NS(=O)(=O)c1cc(CO)ccc1F)c1cn[nH]c1. The van der Waals surface area contributed by atoms with Crippen LogP contribution >= 0.6 is 0 Å². The van der Waals surface area contributed by atoms with Crippen LogP contribution in [0.15, 0.2) is 35.5 Å². The Hall–Kier alpha value is -1.77. The van der Waals surface area contributed by atoms with Crippen LogP contribution < -0.4 is 4.72 Å². The number of sulfonamides is 1. The number of aliphatic hydroxyl groups excluding tert-OH is 1. The molecule has 8 heteroatoms. The first-order valence-electron chi connectivity index (χ1n) is 5.84. The van der Waals surface area contributed by atoms with Crippen LogP contribution in [-0.2, 0) is 16.6 Å². The monoisotopic (exact) mass is 299 g/mol. The van der Waals surface area contributed by atoms with Gasteiger partial charge in [-0.15, -0.1) is 0 Å². The van der Waals surface area contributed by atoms with Crippen molar-refractivity contribution < 1.29 is 17.9 Å². The maximum absolute atomic E-state index is 13.7. The summed E-state index contributed by atoms with van der Waals surface area (Å²) in [5, 5.41) is 15.3. The van der Waals surface area contributed by atoms with E-state index in [1.54, 1.807) is 13.1 Å². The first-order valence-corrected chi connectivity index (χ1v) is 7.32. The Morgan fingerprint density at radius 2 is 2.25 bits per heavy atom. The van der Waals surface area contributed by atoms with Gasteiger partial charge in [-0.3, -0.25) is 5.10 Å². The number of hydrogen-bond donors (Lipinski definition) is 3. The molecule has 0 bridgehead atoms. The third kappa shape index (κ3) is 3.03. The van der Waals surface area contributed by atoms with Crippen LogP contribution in [0.2, 0.25) is 0 Å². The van der Waals surface area contributed by atoms with E-state index in [9.17, 15) is 12.8 Å². The van der Waals surface area contributed by atoms with E-state index in [0.29, 0.717) is 11.1 Å². The average Bonchev–Trinajstić information content (AvgIpc) is 2.92. The van der Waals surface area contributed by atoms with Crippen LogP contribution in [0.3, 0.4) is 0 Å². The summed E-state index contributed by atoms with van der Waals surface area (Å²) in [5.41, 5.74) is 0.954. The maximum atomic E-state index is 13.7. The molecule has 0 radical (unpaired) electrons. The van der Waals surface area contributed by atoms with Crippen molar-refractivity contribution in [1.29, 1.82) is 0 Å². The van der Waals surface area contributed by atoms with Crippen molar-refractivity contribution in [2.45, 2.75) is 24.5 Å². The molecular formula is C12H14FN3O3S. The molecule has 0 spiro atoms. The highest BCUT2D eigenvalue weighted by molar-refractivity contribution is 7.89. The average molecular weight is 299 g/mol. The van der Waals surface area contributed by atoms with E-state index < -0.39 is 26.8 Å². The Bertz CT molecular complexity index is 686. The van der Waals surface area contributed by atoms with Crippen LogP contribution in [0.5, 0.6) is 0 Å². The summed E-state index contributed by atoms with van der Waals surface area (Å²) >= 11 is 0. The minimum absolute atomic E-state index is 0.322. The predicted octanol–water partition coefficient (Wildman–Crippen LogP) is 1.08. The van der Waals surface area contributed by atoms with Crippen molar-refractivity contribution in [2.24, 2.45) is 0 Å². The highest BCUT2D eigenvalue weighted by Crippen LogP contribution is 2.19. The van der Waals surface area contributed by atoms with Gasteiger partial charge in [-0.1, -0.05) is 6.07 Å². The fraction of sp³-hybridized carbons (Fsp3) is 0.250. The number of H-pyrrole nitrogens is 1. The number of hydrogen-bond acceptors (Lipinski definition) is 4. The molecule has 0 saturated heterocycles. The standard InChI is InChI=1S/C12H14FN3O3S/c1-8(10-5-14-15-6-10)16-20(18,19)12-4-9(7-17)2-3-11(12)13/h2-6,8,16-17H,7H2,1H3,(H,14,15). The lowest BCUT2D eigenvalue weighted by atomic mass is 10.2. The van der Waals surface area contributed by atoms with E-state index in [4.69, 9.17) is 5.11 Å². The number of aliphatic hydroxyl groups is 1. The second-order valence-electron chi connectivity index (χ2n) is 4.30. The molecule has 3 N–H and O–H groups in total.